The number of thiophene rings is 2. The van der Waals surface area contributed by atoms with Crippen LogP contribution in [0.1, 0.15) is 32.7 Å². The summed E-state index contributed by atoms with van der Waals surface area (Å²) >= 11 is 3.26. The lowest BCUT2D eigenvalue weighted by molar-refractivity contribution is 0.334. The van der Waals surface area contributed by atoms with Crippen molar-refractivity contribution in [2.75, 3.05) is 0 Å². The van der Waals surface area contributed by atoms with Crippen LogP contribution in [0.3, 0.4) is 0 Å². The molecular weight excluding hydrogens is 695 g/mol. The van der Waals surface area contributed by atoms with Crippen LogP contribution in [0.2, 0.25) is 39.3 Å². The topological polar surface area (TPSA) is 0 Å². The second-order valence-corrected chi connectivity index (χ2v) is 25.9. The zero-order valence-corrected chi connectivity index (χ0v) is 31.2. The third-order valence-corrected chi connectivity index (χ3v) is 17.5. The summed E-state index contributed by atoms with van der Waals surface area (Å²) in [5, 5.41) is 0. The zero-order chi connectivity index (χ0) is 36.0. The van der Waals surface area contributed by atoms with Gasteiger partial charge in [-0.05, 0) is 72.8 Å². The fourth-order valence-electron chi connectivity index (χ4n) is 4.52. The second kappa shape index (κ2) is 14.4. The lowest BCUT2D eigenvalue weighted by Gasteiger charge is -2.16. The molecule has 2 aromatic heterocycles. The van der Waals surface area contributed by atoms with Gasteiger partial charge in [0.2, 0.25) is 34.9 Å². The number of rotatable bonds is 3. The van der Waals surface area contributed by atoms with E-state index in [2.05, 4.69) is 64.5 Å². The molecule has 2 aromatic carbocycles. The molecule has 0 fully saturated rings. The third kappa shape index (κ3) is 7.82. The summed E-state index contributed by atoms with van der Waals surface area (Å²) in [7, 11) is -2.25. The summed E-state index contributed by atoms with van der Waals surface area (Å²) in [5.41, 5.74) is 3.46. The number of hydrogen-bond acceptors (Lipinski definition) is 2. The first-order valence-corrected chi connectivity index (χ1v) is 22.6. The Kier molecular flexibility index (Phi) is 12.4. The van der Waals surface area contributed by atoms with E-state index in [0.29, 0.717) is 5.56 Å². The Labute approximate surface area is 273 Å². The SMILES string of the molecule is Cc1c([Si](C)(C)C)sc([Si](C)(C)C)c1C.Cc1sc(-c2c(F)c(F)c(C)c(F)c2F)c(C)c1C.Fc1c(F)c(F)c(F)c(F)c1F. The normalized spacial score (nSPS) is 11.7. The van der Waals surface area contributed by atoms with Crippen LogP contribution in [0.4, 0.5) is 43.9 Å². The van der Waals surface area contributed by atoms with Gasteiger partial charge in [0.1, 0.15) is 0 Å². The van der Waals surface area contributed by atoms with E-state index in [0.717, 1.165) is 28.7 Å². The van der Waals surface area contributed by atoms with Gasteiger partial charge < -0.3 is 0 Å². The summed E-state index contributed by atoms with van der Waals surface area (Å²) < 4.78 is 131. The standard InChI is InChI=1S/C14H12F4S.C12H24SSi2.C6F6/c1-5-6(2)14(19-8(5)4)9-12(17)10(15)7(3)11(16)13(9)18;1-9-10(2)12(15(6,7)8)13-11(9)14(3,4)5;7-1-2(8)4(10)6(12)5(11)3(1)9/h1-4H3;1-8H3;. The Hall–Kier alpha value is -2.43. The van der Waals surface area contributed by atoms with Gasteiger partial charge in [-0.3, -0.25) is 0 Å². The van der Waals surface area contributed by atoms with Crippen molar-refractivity contribution in [1.29, 1.82) is 0 Å². The van der Waals surface area contributed by atoms with Crippen LogP contribution in [0, 0.1) is 99.7 Å². The lowest BCUT2D eigenvalue weighted by Crippen LogP contribution is -2.39. The molecule has 0 atom stereocenters. The summed E-state index contributed by atoms with van der Waals surface area (Å²) in [4.78, 5) is 1.11. The van der Waals surface area contributed by atoms with Crippen LogP contribution in [0.15, 0.2) is 0 Å². The summed E-state index contributed by atoms with van der Waals surface area (Å²) in [6.45, 7) is 25.7. The van der Waals surface area contributed by atoms with Crippen LogP contribution in [-0.2, 0) is 0 Å². The second-order valence-electron chi connectivity index (χ2n) is 12.9. The predicted molar refractivity (Wildman–Crippen MR) is 174 cm³/mol. The van der Waals surface area contributed by atoms with Crippen LogP contribution >= 0.6 is 22.7 Å². The van der Waals surface area contributed by atoms with E-state index < -0.39 is 85.4 Å². The van der Waals surface area contributed by atoms with E-state index in [1.54, 1.807) is 40.9 Å². The van der Waals surface area contributed by atoms with Crippen LogP contribution in [0.25, 0.3) is 10.4 Å². The summed E-state index contributed by atoms with van der Waals surface area (Å²) in [6.07, 6.45) is 0. The van der Waals surface area contributed by atoms with E-state index in [-0.39, 0.29) is 4.88 Å². The molecule has 0 bridgehead atoms. The Morgan fingerprint density at radius 3 is 0.870 bits per heavy atom. The molecule has 0 unspecified atom stereocenters. The Morgan fingerprint density at radius 1 is 0.348 bits per heavy atom. The van der Waals surface area contributed by atoms with Gasteiger partial charge in [-0.25, -0.2) is 43.9 Å². The quantitative estimate of drug-likeness (QED) is 0.0852. The molecule has 0 radical (unpaired) electrons. The van der Waals surface area contributed by atoms with Crippen molar-refractivity contribution in [3.63, 3.8) is 0 Å². The third-order valence-electron chi connectivity index (χ3n) is 7.36. The van der Waals surface area contributed by atoms with Crippen molar-refractivity contribution in [3.05, 3.63) is 90.9 Å². The van der Waals surface area contributed by atoms with Gasteiger partial charge in [-0.2, -0.15) is 11.3 Å². The Morgan fingerprint density at radius 2 is 0.652 bits per heavy atom. The predicted octanol–water partition coefficient (Wildman–Crippen LogP) is 11.2. The largest absolute Gasteiger partial charge is 0.203 e. The van der Waals surface area contributed by atoms with Gasteiger partial charge in [-0.15, -0.1) is 11.3 Å². The molecule has 0 N–H and O–H groups in total. The summed E-state index contributed by atoms with van der Waals surface area (Å²) in [5.74, 6) is -19.6. The average Bonchev–Trinajstić information content (AvgIpc) is 3.42. The molecule has 0 aliphatic heterocycles. The molecular formula is C32H36F10S2Si2. The average molecular weight is 731 g/mol. The monoisotopic (exact) mass is 730 g/mol. The van der Waals surface area contributed by atoms with E-state index in [4.69, 9.17) is 0 Å². The maximum atomic E-state index is 13.9. The molecule has 254 valence electrons. The highest BCUT2D eigenvalue weighted by atomic mass is 32.1. The first-order chi connectivity index (χ1) is 20.8. The number of halogens is 10. The minimum Gasteiger partial charge on any atom is -0.203 e. The molecule has 0 spiro atoms. The van der Waals surface area contributed by atoms with Crippen molar-refractivity contribution in [3.8, 4) is 10.4 Å². The molecule has 0 aliphatic rings. The van der Waals surface area contributed by atoms with Crippen LogP contribution in [-0.4, -0.2) is 16.1 Å². The minimum atomic E-state index is -2.37. The number of aryl methyl sites for hydroxylation is 1. The number of hydrogen-bond donors (Lipinski definition) is 0. The first-order valence-electron chi connectivity index (χ1n) is 14.0. The highest BCUT2D eigenvalue weighted by molar-refractivity contribution is 7.35. The van der Waals surface area contributed by atoms with Crippen LogP contribution < -0.4 is 9.00 Å². The molecule has 0 saturated heterocycles. The molecule has 0 amide bonds. The highest BCUT2D eigenvalue weighted by Gasteiger charge is 2.30. The van der Waals surface area contributed by atoms with Gasteiger partial charge in [0.15, 0.2) is 23.3 Å². The zero-order valence-electron chi connectivity index (χ0n) is 27.6. The van der Waals surface area contributed by atoms with Gasteiger partial charge in [0, 0.05) is 15.3 Å². The summed E-state index contributed by atoms with van der Waals surface area (Å²) in [6, 6.07) is 0. The molecule has 0 saturated carbocycles. The lowest BCUT2D eigenvalue weighted by atomic mass is 10.0. The molecule has 46 heavy (non-hydrogen) atoms. The van der Waals surface area contributed by atoms with E-state index in [1.165, 1.54) is 0 Å². The van der Waals surface area contributed by atoms with Gasteiger partial charge in [0.05, 0.1) is 21.7 Å². The molecule has 0 aliphatic carbocycles. The molecule has 2 heterocycles. The van der Waals surface area contributed by atoms with E-state index in [9.17, 15) is 43.9 Å². The van der Waals surface area contributed by atoms with Gasteiger partial charge in [0.25, 0.3) is 0 Å². The van der Waals surface area contributed by atoms with E-state index in [1.807, 2.05) is 0 Å². The van der Waals surface area contributed by atoms with Crippen molar-refractivity contribution >= 4 is 47.8 Å². The van der Waals surface area contributed by atoms with Crippen molar-refractivity contribution in [2.24, 2.45) is 0 Å². The minimum absolute atomic E-state index is 0.239. The maximum absolute atomic E-state index is 13.9. The number of benzene rings is 2. The van der Waals surface area contributed by atoms with E-state index >= 15 is 0 Å². The Bertz CT molecular complexity index is 1610. The molecule has 0 nitrogen and oxygen atoms in total. The molecule has 14 heteroatoms. The highest BCUT2D eigenvalue weighted by Crippen LogP contribution is 2.40. The molecule has 4 aromatic rings. The van der Waals surface area contributed by atoms with Gasteiger partial charge in [-0.1, -0.05) is 39.3 Å². The Balaban J connectivity index is 0.000000247. The van der Waals surface area contributed by atoms with Crippen molar-refractivity contribution in [2.45, 2.75) is 80.8 Å². The van der Waals surface area contributed by atoms with Crippen molar-refractivity contribution < 1.29 is 43.9 Å². The fraction of sp³-hybridized carbons (Fsp3) is 0.375. The van der Waals surface area contributed by atoms with Crippen molar-refractivity contribution in [1.82, 2.24) is 0 Å². The smallest absolute Gasteiger partial charge is 0.200 e. The fourth-order valence-corrected chi connectivity index (χ4v) is 12.5. The molecule has 4 rings (SSSR count). The maximum Gasteiger partial charge on any atom is 0.200 e. The van der Waals surface area contributed by atoms with Crippen LogP contribution in [0.5, 0.6) is 0 Å². The van der Waals surface area contributed by atoms with Gasteiger partial charge >= 0.3 is 0 Å². The first kappa shape index (κ1) is 39.8.